The summed E-state index contributed by atoms with van der Waals surface area (Å²) in [7, 11) is 0. The van der Waals surface area contributed by atoms with Crippen LogP contribution in [-0.2, 0) is 9.47 Å². The Hall–Kier alpha value is -0.300. The van der Waals surface area contributed by atoms with Gasteiger partial charge in [0.2, 0.25) is 0 Å². The summed E-state index contributed by atoms with van der Waals surface area (Å²) in [6.45, 7) is 1.38. The molecular formula is C11H16ClNO2. The standard InChI is InChI=1S/C11H16ClNO2/c12-6-5-10(9-13)1-3-11(4-2-10)14-7-8-15-11/h1-8H2. The van der Waals surface area contributed by atoms with Gasteiger partial charge in [0.25, 0.3) is 0 Å². The van der Waals surface area contributed by atoms with Gasteiger partial charge in [-0.15, -0.1) is 11.6 Å². The Morgan fingerprint density at radius 3 is 2.20 bits per heavy atom. The normalized spacial score (nSPS) is 27.7. The maximum atomic E-state index is 9.21. The fourth-order valence-corrected chi connectivity index (χ4v) is 2.86. The number of halogens is 1. The lowest BCUT2D eigenvalue weighted by atomic mass is 9.71. The minimum atomic E-state index is -0.368. The molecule has 0 N–H and O–H groups in total. The lowest BCUT2D eigenvalue weighted by molar-refractivity contribution is -0.187. The van der Waals surface area contributed by atoms with Crippen molar-refractivity contribution in [3.63, 3.8) is 0 Å². The van der Waals surface area contributed by atoms with Gasteiger partial charge in [0, 0.05) is 18.7 Å². The highest BCUT2D eigenvalue weighted by atomic mass is 35.5. The number of alkyl halides is 1. The van der Waals surface area contributed by atoms with Crippen LogP contribution < -0.4 is 0 Å². The van der Waals surface area contributed by atoms with E-state index in [0.717, 1.165) is 32.1 Å². The van der Waals surface area contributed by atoms with Gasteiger partial charge in [0.1, 0.15) is 0 Å². The molecule has 15 heavy (non-hydrogen) atoms. The van der Waals surface area contributed by atoms with E-state index < -0.39 is 0 Å². The van der Waals surface area contributed by atoms with Crippen molar-refractivity contribution in [2.45, 2.75) is 37.9 Å². The molecule has 2 rings (SSSR count). The van der Waals surface area contributed by atoms with Crippen molar-refractivity contribution in [3.05, 3.63) is 0 Å². The molecule has 0 unspecified atom stereocenters. The van der Waals surface area contributed by atoms with E-state index >= 15 is 0 Å². The Kier molecular flexibility index (Phi) is 3.20. The quantitative estimate of drug-likeness (QED) is 0.683. The van der Waals surface area contributed by atoms with E-state index in [4.69, 9.17) is 21.1 Å². The molecule has 0 bridgehead atoms. The number of rotatable bonds is 2. The highest BCUT2D eigenvalue weighted by molar-refractivity contribution is 6.17. The van der Waals surface area contributed by atoms with Crippen LogP contribution in [0.3, 0.4) is 0 Å². The second-order valence-corrected chi connectivity index (χ2v) is 4.82. The Bertz CT molecular complexity index is 258. The van der Waals surface area contributed by atoms with E-state index in [1.807, 2.05) is 0 Å². The number of hydrogen-bond donors (Lipinski definition) is 0. The van der Waals surface area contributed by atoms with Crippen molar-refractivity contribution in [3.8, 4) is 6.07 Å². The molecule has 1 saturated carbocycles. The van der Waals surface area contributed by atoms with Crippen LogP contribution in [0.4, 0.5) is 0 Å². The minimum Gasteiger partial charge on any atom is -0.348 e. The van der Waals surface area contributed by atoms with Crippen molar-refractivity contribution in [2.75, 3.05) is 19.1 Å². The highest BCUT2D eigenvalue weighted by Crippen LogP contribution is 2.46. The smallest absolute Gasteiger partial charge is 0.168 e. The second-order valence-electron chi connectivity index (χ2n) is 4.44. The van der Waals surface area contributed by atoms with Gasteiger partial charge >= 0.3 is 0 Å². The molecule has 2 fully saturated rings. The van der Waals surface area contributed by atoms with Crippen molar-refractivity contribution < 1.29 is 9.47 Å². The zero-order valence-corrected chi connectivity index (χ0v) is 9.55. The highest BCUT2D eigenvalue weighted by Gasteiger charge is 2.46. The molecule has 1 saturated heterocycles. The summed E-state index contributed by atoms with van der Waals surface area (Å²) in [4.78, 5) is 0. The Morgan fingerprint density at radius 1 is 1.13 bits per heavy atom. The van der Waals surface area contributed by atoms with E-state index in [-0.39, 0.29) is 11.2 Å². The van der Waals surface area contributed by atoms with Crippen LogP contribution in [0.15, 0.2) is 0 Å². The van der Waals surface area contributed by atoms with Crippen LogP contribution >= 0.6 is 11.6 Å². The van der Waals surface area contributed by atoms with Gasteiger partial charge in [-0.2, -0.15) is 5.26 Å². The Labute approximate surface area is 95.3 Å². The van der Waals surface area contributed by atoms with E-state index in [1.165, 1.54) is 0 Å². The topological polar surface area (TPSA) is 42.2 Å². The third kappa shape index (κ3) is 2.13. The molecule has 0 aromatic rings. The van der Waals surface area contributed by atoms with Gasteiger partial charge in [-0.05, 0) is 19.3 Å². The summed E-state index contributed by atoms with van der Waals surface area (Å²) in [5.74, 6) is 0.189. The molecule has 4 heteroatoms. The molecule has 3 nitrogen and oxygen atoms in total. The molecule has 0 radical (unpaired) electrons. The van der Waals surface area contributed by atoms with Crippen LogP contribution in [0.1, 0.15) is 32.1 Å². The summed E-state index contributed by atoms with van der Waals surface area (Å²) in [6.07, 6.45) is 4.13. The zero-order chi connectivity index (χ0) is 10.8. The third-order valence-electron chi connectivity index (χ3n) is 3.59. The maximum Gasteiger partial charge on any atom is 0.168 e. The van der Waals surface area contributed by atoms with Crippen LogP contribution in [-0.4, -0.2) is 24.9 Å². The number of nitriles is 1. The van der Waals surface area contributed by atoms with Gasteiger partial charge in [-0.25, -0.2) is 0 Å². The lowest BCUT2D eigenvalue weighted by Gasteiger charge is -2.39. The molecular weight excluding hydrogens is 214 g/mol. The molecule has 0 aromatic carbocycles. The molecule has 2 aliphatic rings. The fourth-order valence-electron chi connectivity index (χ4n) is 2.49. The predicted molar refractivity (Wildman–Crippen MR) is 56.5 cm³/mol. The molecule has 1 aliphatic carbocycles. The van der Waals surface area contributed by atoms with Crippen LogP contribution in [0, 0.1) is 16.7 Å². The average Bonchev–Trinajstić information content (AvgIpc) is 2.72. The minimum absolute atomic E-state index is 0.234. The van der Waals surface area contributed by atoms with Crippen molar-refractivity contribution in [2.24, 2.45) is 5.41 Å². The monoisotopic (exact) mass is 229 g/mol. The first kappa shape index (κ1) is 11.2. The van der Waals surface area contributed by atoms with Gasteiger partial charge < -0.3 is 9.47 Å². The van der Waals surface area contributed by atoms with Crippen LogP contribution in [0.25, 0.3) is 0 Å². The zero-order valence-electron chi connectivity index (χ0n) is 8.80. The first-order chi connectivity index (χ1) is 7.24. The molecule has 84 valence electrons. The van der Waals surface area contributed by atoms with Crippen molar-refractivity contribution in [1.82, 2.24) is 0 Å². The maximum absolute atomic E-state index is 9.21. The number of hydrogen-bond acceptors (Lipinski definition) is 3. The lowest BCUT2D eigenvalue weighted by Crippen LogP contribution is -2.39. The number of ether oxygens (including phenoxy) is 2. The summed E-state index contributed by atoms with van der Waals surface area (Å²) in [5, 5.41) is 9.21. The summed E-state index contributed by atoms with van der Waals surface area (Å²) in [5.41, 5.74) is -0.234. The molecule has 1 heterocycles. The van der Waals surface area contributed by atoms with Gasteiger partial charge in [0.15, 0.2) is 5.79 Å². The largest absolute Gasteiger partial charge is 0.348 e. The predicted octanol–water partition coefficient (Wildman–Crippen LogP) is 2.44. The second kappa shape index (κ2) is 4.29. The van der Waals surface area contributed by atoms with Crippen molar-refractivity contribution in [1.29, 1.82) is 5.26 Å². The van der Waals surface area contributed by atoms with Gasteiger partial charge in [-0.1, -0.05) is 0 Å². The van der Waals surface area contributed by atoms with Gasteiger partial charge in [-0.3, -0.25) is 0 Å². The molecule has 0 atom stereocenters. The first-order valence-corrected chi connectivity index (χ1v) is 6.03. The Morgan fingerprint density at radius 2 is 1.73 bits per heavy atom. The molecule has 0 aromatic heterocycles. The SMILES string of the molecule is N#CC1(CCCl)CCC2(CC1)OCCO2. The average molecular weight is 230 g/mol. The van der Waals surface area contributed by atoms with E-state index in [9.17, 15) is 5.26 Å². The van der Waals surface area contributed by atoms with E-state index in [2.05, 4.69) is 6.07 Å². The molecule has 1 aliphatic heterocycles. The van der Waals surface area contributed by atoms with Crippen LogP contribution in [0.2, 0.25) is 0 Å². The summed E-state index contributed by atoms with van der Waals surface area (Å²) in [6, 6.07) is 2.43. The summed E-state index contributed by atoms with van der Waals surface area (Å²) < 4.78 is 11.3. The van der Waals surface area contributed by atoms with E-state index in [1.54, 1.807) is 0 Å². The molecule has 0 amide bonds. The third-order valence-corrected chi connectivity index (χ3v) is 3.78. The van der Waals surface area contributed by atoms with E-state index in [0.29, 0.717) is 19.1 Å². The fraction of sp³-hybridized carbons (Fsp3) is 0.909. The van der Waals surface area contributed by atoms with Gasteiger partial charge in [0.05, 0.1) is 24.7 Å². The molecule has 1 spiro atoms. The van der Waals surface area contributed by atoms with Crippen LogP contribution in [0.5, 0.6) is 0 Å². The van der Waals surface area contributed by atoms with Crippen molar-refractivity contribution >= 4 is 11.6 Å². The first-order valence-electron chi connectivity index (χ1n) is 5.49. The number of nitrogens with zero attached hydrogens (tertiary/aromatic N) is 1. The Balaban J connectivity index is 1.98. The summed E-state index contributed by atoms with van der Waals surface area (Å²) >= 11 is 5.74.